The Morgan fingerprint density at radius 3 is 2.34 bits per heavy atom. The van der Waals surface area contributed by atoms with Gasteiger partial charge in [0.05, 0.1) is 13.7 Å². The highest BCUT2D eigenvalue weighted by atomic mass is 16.6. The maximum atomic E-state index is 12.9. The number of aromatic nitrogens is 2. The third kappa shape index (κ3) is 5.13. The second-order valence-corrected chi connectivity index (χ2v) is 6.52. The van der Waals surface area contributed by atoms with Crippen LogP contribution in [0.2, 0.25) is 0 Å². The van der Waals surface area contributed by atoms with Crippen LogP contribution in [-0.4, -0.2) is 71.7 Å². The summed E-state index contributed by atoms with van der Waals surface area (Å²) in [6.07, 6.45) is -0.344. The molecular weight excluding hydrogens is 374 g/mol. The van der Waals surface area contributed by atoms with Gasteiger partial charge in [0.15, 0.2) is 0 Å². The monoisotopic (exact) mass is 399 g/mol. The zero-order valence-electron chi connectivity index (χ0n) is 16.8. The molecule has 2 aromatic rings. The number of piperazine rings is 1. The highest BCUT2D eigenvalue weighted by molar-refractivity contribution is 5.93. The number of aryl methyl sites for hydroxylation is 1. The Balaban J connectivity index is 1.67. The molecule has 1 aliphatic rings. The van der Waals surface area contributed by atoms with Crippen molar-refractivity contribution >= 4 is 23.5 Å². The second-order valence-electron chi connectivity index (χ2n) is 6.52. The zero-order chi connectivity index (χ0) is 20.8. The van der Waals surface area contributed by atoms with E-state index in [4.69, 9.17) is 9.47 Å². The molecule has 9 heteroatoms. The molecule has 0 radical (unpaired) electrons. The minimum Gasteiger partial charge on any atom is -0.497 e. The second kappa shape index (κ2) is 9.22. The molecule has 1 fully saturated rings. The normalized spacial score (nSPS) is 13.8. The van der Waals surface area contributed by atoms with Gasteiger partial charge < -0.3 is 24.6 Å². The smallest absolute Gasteiger partial charge is 0.409 e. The molecule has 1 N–H and O–H groups in total. The Hall–Kier alpha value is -3.36. The maximum absolute atomic E-state index is 12.9. The van der Waals surface area contributed by atoms with Crippen LogP contribution >= 0.6 is 0 Å². The fraction of sp³-hybridized carbons (Fsp3) is 0.400. The van der Waals surface area contributed by atoms with Crippen molar-refractivity contribution in [1.29, 1.82) is 0 Å². The summed E-state index contributed by atoms with van der Waals surface area (Å²) < 4.78 is 10.2. The number of methoxy groups -OCH3 is 1. The van der Waals surface area contributed by atoms with Gasteiger partial charge in [-0.3, -0.25) is 4.79 Å². The molecule has 1 aromatic heterocycles. The number of ether oxygens (including phenoxy) is 2. The van der Waals surface area contributed by atoms with Crippen molar-refractivity contribution in [3.63, 3.8) is 0 Å². The standard InChI is InChI=1S/C20H25N5O4/c1-4-29-20(27)25-11-9-24(10-12-25)19(26)17-13-18(22-14(2)21-17)23-15-5-7-16(28-3)8-6-15/h5-8,13H,4,9-12H2,1-3H3,(H,21,22,23). The molecule has 3 rings (SSSR count). The number of carbonyl (C=O) groups excluding carboxylic acids is 2. The number of hydrogen-bond donors (Lipinski definition) is 1. The first-order valence-electron chi connectivity index (χ1n) is 9.48. The lowest BCUT2D eigenvalue weighted by Crippen LogP contribution is -2.50. The van der Waals surface area contributed by atoms with E-state index in [-0.39, 0.29) is 12.0 Å². The quantitative estimate of drug-likeness (QED) is 0.825. The lowest BCUT2D eigenvalue weighted by atomic mass is 10.2. The number of hydrogen-bond acceptors (Lipinski definition) is 7. The molecule has 1 aromatic carbocycles. The zero-order valence-corrected chi connectivity index (χ0v) is 16.8. The summed E-state index contributed by atoms with van der Waals surface area (Å²) in [5.74, 6) is 1.61. The number of benzene rings is 1. The van der Waals surface area contributed by atoms with Gasteiger partial charge in [0.25, 0.3) is 5.91 Å². The molecule has 29 heavy (non-hydrogen) atoms. The van der Waals surface area contributed by atoms with Crippen LogP contribution in [0.15, 0.2) is 30.3 Å². The molecule has 2 amide bonds. The van der Waals surface area contributed by atoms with E-state index in [1.807, 2.05) is 24.3 Å². The van der Waals surface area contributed by atoms with Crippen LogP contribution in [0.1, 0.15) is 23.2 Å². The number of amides is 2. The lowest BCUT2D eigenvalue weighted by Gasteiger charge is -2.33. The Kier molecular flexibility index (Phi) is 6.48. The minimum absolute atomic E-state index is 0.184. The molecule has 2 heterocycles. The molecule has 0 bridgehead atoms. The van der Waals surface area contributed by atoms with Crippen LogP contribution in [0, 0.1) is 6.92 Å². The van der Waals surface area contributed by atoms with Gasteiger partial charge in [-0.25, -0.2) is 14.8 Å². The van der Waals surface area contributed by atoms with Gasteiger partial charge >= 0.3 is 6.09 Å². The van der Waals surface area contributed by atoms with Crippen LogP contribution in [-0.2, 0) is 4.74 Å². The molecule has 1 aliphatic heterocycles. The number of anilines is 2. The summed E-state index contributed by atoms with van der Waals surface area (Å²) >= 11 is 0. The predicted octanol–water partition coefficient (Wildman–Crippen LogP) is 2.45. The van der Waals surface area contributed by atoms with Gasteiger partial charge in [-0.15, -0.1) is 0 Å². The summed E-state index contributed by atoms with van der Waals surface area (Å²) in [4.78, 5) is 36.7. The average Bonchev–Trinajstić information content (AvgIpc) is 2.73. The molecule has 0 spiro atoms. The number of nitrogens with zero attached hydrogens (tertiary/aromatic N) is 4. The van der Waals surface area contributed by atoms with Crippen molar-refractivity contribution in [2.24, 2.45) is 0 Å². The van der Waals surface area contributed by atoms with Gasteiger partial charge in [0.2, 0.25) is 0 Å². The summed E-state index contributed by atoms with van der Waals surface area (Å²) in [7, 11) is 1.61. The summed E-state index contributed by atoms with van der Waals surface area (Å²) in [6, 6.07) is 9.05. The van der Waals surface area contributed by atoms with Gasteiger partial charge in [-0.2, -0.15) is 0 Å². The van der Waals surface area contributed by atoms with E-state index in [0.717, 1.165) is 11.4 Å². The summed E-state index contributed by atoms with van der Waals surface area (Å²) in [5.41, 5.74) is 1.14. The van der Waals surface area contributed by atoms with Gasteiger partial charge in [0.1, 0.15) is 23.1 Å². The third-order valence-corrected chi connectivity index (χ3v) is 4.51. The molecule has 154 valence electrons. The minimum atomic E-state index is -0.344. The largest absolute Gasteiger partial charge is 0.497 e. The first-order chi connectivity index (χ1) is 14.0. The molecule has 0 atom stereocenters. The lowest BCUT2D eigenvalue weighted by molar-refractivity contribution is 0.0565. The summed E-state index contributed by atoms with van der Waals surface area (Å²) in [5, 5.41) is 3.18. The Morgan fingerprint density at radius 2 is 1.72 bits per heavy atom. The third-order valence-electron chi connectivity index (χ3n) is 4.51. The topological polar surface area (TPSA) is 96.9 Å². The highest BCUT2D eigenvalue weighted by Gasteiger charge is 2.26. The van der Waals surface area contributed by atoms with E-state index in [0.29, 0.717) is 50.1 Å². The molecule has 1 saturated heterocycles. The van der Waals surface area contributed by atoms with Crippen LogP contribution in [0.5, 0.6) is 5.75 Å². The van der Waals surface area contributed by atoms with E-state index in [9.17, 15) is 9.59 Å². The fourth-order valence-electron chi connectivity index (χ4n) is 3.03. The highest BCUT2D eigenvalue weighted by Crippen LogP contribution is 2.20. The van der Waals surface area contributed by atoms with Crippen molar-refractivity contribution in [2.45, 2.75) is 13.8 Å². The van der Waals surface area contributed by atoms with E-state index < -0.39 is 0 Å². The van der Waals surface area contributed by atoms with Crippen molar-refractivity contribution in [3.8, 4) is 5.75 Å². The van der Waals surface area contributed by atoms with Crippen LogP contribution in [0.25, 0.3) is 0 Å². The van der Waals surface area contributed by atoms with Gasteiger partial charge in [0, 0.05) is 37.9 Å². The van der Waals surface area contributed by atoms with Crippen molar-refractivity contribution < 1.29 is 19.1 Å². The predicted molar refractivity (Wildman–Crippen MR) is 108 cm³/mol. The molecule has 9 nitrogen and oxygen atoms in total. The van der Waals surface area contributed by atoms with Crippen LogP contribution in [0.4, 0.5) is 16.3 Å². The molecule has 0 saturated carbocycles. The first kappa shape index (κ1) is 20.4. The van der Waals surface area contributed by atoms with Crippen molar-refractivity contribution in [2.75, 3.05) is 45.2 Å². The molecule has 0 unspecified atom stereocenters. The van der Waals surface area contributed by atoms with Crippen LogP contribution in [0.3, 0.4) is 0 Å². The van der Waals surface area contributed by atoms with Gasteiger partial charge in [-0.05, 0) is 38.1 Å². The first-order valence-corrected chi connectivity index (χ1v) is 9.48. The Morgan fingerprint density at radius 1 is 1.07 bits per heavy atom. The van der Waals surface area contributed by atoms with E-state index in [1.165, 1.54) is 0 Å². The number of nitrogens with one attached hydrogen (secondary N) is 1. The number of carbonyl (C=O) groups is 2. The van der Waals surface area contributed by atoms with Gasteiger partial charge in [-0.1, -0.05) is 0 Å². The van der Waals surface area contributed by atoms with Crippen molar-refractivity contribution in [1.82, 2.24) is 19.8 Å². The molecular formula is C20H25N5O4. The molecule has 0 aliphatic carbocycles. The summed E-state index contributed by atoms with van der Waals surface area (Å²) in [6.45, 7) is 5.59. The average molecular weight is 399 g/mol. The van der Waals surface area contributed by atoms with Crippen molar-refractivity contribution in [3.05, 3.63) is 41.9 Å². The van der Waals surface area contributed by atoms with Crippen LogP contribution < -0.4 is 10.1 Å². The maximum Gasteiger partial charge on any atom is 0.409 e. The van der Waals surface area contributed by atoms with E-state index >= 15 is 0 Å². The number of rotatable bonds is 5. The SMILES string of the molecule is CCOC(=O)N1CCN(C(=O)c2cc(Nc3ccc(OC)cc3)nc(C)n2)CC1. The van der Waals surface area contributed by atoms with E-state index in [2.05, 4.69) is 15.3 Å². The Labute approximate surface area is 169 Å². The fourth-order valence-corrected chi connectivity index (χ4v) is 3.03. The van der Waals surface area contributed by atoms with E-state index in [1.54, 1.807) is 36.8 Å². The Bertz CT molecular complexity index is 864.